The molecule has 6 heteroatoms. The smallest absolute Gasteiger partial charge is 0.311 e. The molecule has 0 amide bonds. The van der Waals surface area contributed by atoms with Crippen LogP contribution in [0, 0.1) is 0 Å². The van der Waals surface area contributed by atoms with Gasteiger partial charge in [-0.3, -0.25) is 19.2 Å². The average molecular weight is 430 g/mol. The molecular weight excluding hydrogens is 408 g/mol. The van der Waals surface area contributed by atoms with E-state index in [1.807, 2.05) is 13.0 Å². The van der Waals surface area contributed by atoms with E-state index in [0.29, 0.717) is 27.3 Å². The van der Waals surface area contributed by atoms with Gasteiger partial charge in [-0.1, -0.05) is 57.2 Å². The lowest BCUT2D eigenvalue weighted by Gasteiger charge is -2.22. The maximum atomic E-state index is 13.6. The zero-order valence-corrected chi connectivity index (χ0v) is 18.1. The largest absolute Gasteiger partial charge is 0.422 e. The number of hydrogen-bond acceptors (Lipinski definition) is 6. The van der Waals surface area contributed by atoms with Gasteiger partial charge < -0.3 is 9.47 Å². The molecule has 0 aliphatic heterocycles. The van der Waals surface area contributed by atoms with Gasteiger partial charge in [0.25, 0.3) is 0 Å². The zero-order chi connectivity index (χ0) is 23.0. The van der Waals surface area contributed by atoms with Crippen LogP contribution in [0.1, 0.15) is 39.2 Å². The first-order valence-corrected chi connectivity index (χ1v) is 10.6. The van der Waals surface area contributed by atoms with Crippen molar-refractivity contribution in [1.82, 2.24) is 0 Å². The molecule has 0 radical (unpaired) electrons. The van der Waals surface area contributed by atoms with Gasteiger partial charge in [0.05, 0.1) is 0 Å². The summed E-state index contributed by atoms with van der Waals surface area (Å²) in [6.45, 7) is 5.25. The van der Waals surface area contributed by atoms with E-state index in [1.165, 1.54) is 0 Å². The predicted octanol–water partition coefficient (Wildman–Crippen LogP) is 0.539. The Bertz CT molecular complexity index is 1440. The first kappa shape index (κ1) is 21.4. The Morgan fingerprint density at radius 1 is 0.688 bits per heavy atom. The molecule has 4 rings (SSSR count). The molecule has 0 saturated heterocycles. The van der Waals surface area contributed by atoms with E-state index in [4.69, 9.17) is 9.47 Å². The molecule has 2 aromatic carbocycles. The van der Waals surface area contributed by atoms with Crippen molar-refractivity contribution in [3.05, 3.63) is 68.9 Å². The molecule has 0 unspecified atom stereocenters. The van der Waals surface area contributed by atoms with Gasteiger partial charge in [-0.25, -0.2) is 0 Å². The molecule has 0 aromatic heterocycles. The van der Waals surface area contributed by atoms with E-state index in [-0.39, 0.29) is 35.5 Å². The number of carbonyl (C=O) groups is 4. The molecule has 0 spiro atoms. The first-order chi connectivity index (χ1) is 15.4. The fourth-order valence-electron chi connectivity index (χ4n) is 3.90. The van der Waals surface area contributed by atoms with E-state index in [2.05, 4.69) is 0 Å². The summed E-state index contributed by atoms with van der Waals surface area (Å²) >= 11 is 0. The van der Waals surface area contributed by atoms with Gasteiger partial charge in [-0.2, -0.15) is 0 Å². The first-order valence-electron chi connectivity index (χ1n) is 10.6. The maximum Gasteiger partial charge on any atom is 0.311 e. The Morgan fingerprint density at radius 3 is 1.72 bits per heavy atom. The Labute approximate surface area is 184 Å². The van der Waals surface area contributed by atoms with Crippen molar-refractivity contribution in [2.75, 3.05) is 0 Å². The summed E-state index contributed by atoms with van der Waals surface area (Å²) in [6, 6.07) is 12.1. The monoisotopic (exact) mass is 430 g/mol. The van der Waals surface area contributed by atoms with Crippen LogP contribution in [-0.2, 0) is 35.1 Å². The molecule has 0 bridgehead atoms. The zero-order valence-electron chi connectivity index (χ0n) is 18.1. The average Bonchev–Trinajstić information content (AvgIpc) is 2.82. The second kappa shape index (κ2) is 8.38. The van der Waals surface area contributed by atoms with E-state index in [9.17, 15) is 19.2 Å². The molecule has 6 nitrogen and oxygen atoms in total. The Kier molecular flexibility index (Phi) is 5.61. The quantitative estimate of drug-likeness (QED) is 0.644. The van der Waals surface area contributed by atoms with Gasteiger partial charge in [-0.05, 0) is 28.5 Å². The molecule has 2 aromatic rings. The number of ether oxygens (including phenoxy) is 2. The number of esters is 2. The van der Waals surface area contributed by atoms with Crippen molar-refractivity contribution >= 4 is 46.2 Å². The number of benzene rings is 2. The van der Waals surface area contributed by atoms with Crippen LogP contribution in [0.2, 0.25) is 0 Å². The SMILES string of the molecule is CCC(=O)OC1=c2ccccc2=C2C(=O)C(OC(=O)CC)=c3cc(CC)ccc3=C2C1=O. The van der Waals surface area contributed by atoms with Crippen LogP contribution >= 0.6 is 0 Å². The molecular formula is C26H22O6. The molecule has 0 heterocycles. The minimum atomic E-state index is -0.542. The lowest BCUT2D eigenvalue weighted by atomic mass is 9.83. The van der Waals surface area contributed by atoms with Crippen LogP contribution in [0.5, 0.6) is 0 Å². The lowest BCUT2D eigenvalue weighted by Crippen LogP contribution is -2.47. The highest BCUT2D eigenvalue weighted by Crippen LogP contribution is 2.26. The van der Waals surface area contributed by atoms with E-state index in [0.717, 1.165) is 5.56 Å². The second-order valence-corrected chi connectivity index (χ2v) is 7.50. The topological polar surface area (TPSA) is 86.7 Å². The third-order valence-corrected chi connectivity index (χ3v) is 5.57. The molecule has 0 N–H and O–H groups in total. The van der Waals surface area contributed by atoms with Crippen LogP contribution in [-0.4, -0.2) is 23.5 Å². The van der Waals surface area contributed by atoms with Gasteiger partial charge in [-0.15, -0.1) is 0 Å². The molecule has 0 fully saturated rings. The van der Waals surface area contributed by atoms with E-state index < -0.39 is 23.5 Å². The number of ketones is 2. The minimum absolute atomic E-state index is 0.0856. The summed E-state index contributed by atoms with van der Waals surface area (Å²) in [5, 5.41) is 1.69. The summed E-state index contributed by atoms with van der Waals surface area (Å²) in [7, 11) is 0. The number of carbonyl (C=O) groups excluding carboxylic acids is 4. The van der Waals surface area contributed by atoms with Crippen LogP contribution < -0.4 is 20.9 Å². The Hall–Kier alpha value is -3.80. The third kappa shape index (κ3) is 3.38. The Balaban J connectivity index is 2.18. The second-order valence-electron chi connectivity index (χ2n) is 7.50. The summed E-state index contributed by atoms with van der Waals surface area (Å²) in [4.78, 5) is 51.4. The van der Waals surface area contributed by atoms with Crippen molar-refractivity contribution in [3.8, 4) is 0 Å². The highest BCUT2D eigenvalue weighted by atomic mass is 16.5. The molecule has 0 saturated carbocycles. The summed E-state index contributed by atoms with van der Waals surface area (Å²) in [6.07, 6.45) is 0.904. The summed E-state index contributed by atoms with van der Waals surface area (Å²) < 4.78 is 10.9. The maximum absolute atomic E-state index is 13.6. The predicted molar refractivity (Wildman–Crippen MR) is 117 cm³/mol. The van der Waals surface area contributed by atoms with Crippen LogP contribution in [0.4, 0.5) is 0 Å². The Morgan fingerprint density at radius 2 is 1.19 bits per heavy atom. The van der Waals surface area contributed by atoms with Gasteiger partial charge in [0.1, 0.15) is 0 Å². The molecule has 0 atom stereocenters. The fourth-order valence-corrected chi connectivity index (χ4v) is 3.90. The highest BCUT2D eigenvalue weighted by molar-refractivity contribution is 6.58. The minimum Gasteiger partial charge on any atom is -0.422 e. The summed E-state index contributed by atoms with van der Waals surface area (Å²) in [5.74, 6) is -2.34. The van der Waals surface area contributed by atoms with Crippen LogP contribution in [0.25, 0.3) is 22.7 Å². The van der Waals surface area contributed by atoms with E-state index in [1.54, 1.807) is 50.2 Å². The number of fused-ring (bicyclic) bond motifs is 3. The lowest BCUT2D eigenvalue weighted by molar-refractivity contribution is -0.138. The molecule has 162 valence electrons. The number of aryl methyl sites for hydroxylation is 1. The van der Waals surface area contributed by atoms with Crippen molar-refractivity contribution < 1.29 is 28.7 Å². The highest BCUT2D eigenvalue weighted by Gasteiger charge is 2.37. The van der Waals surface area contributed by atoms with E-state index >= 15 is 0 Å². The molecule has 2 aliphatic carbocycles. The van der Waals surface area contributed by atoms with Crippen LogP contribution in [0.15, 0.2) is 42.5 Å². The molecule has 2 aliphatic rings. The van der Waals surface area contributed by atoms with Crippen molar-refractivity contribution in [3.63, 3.8) is 0 Å². The number of rotatable bonds is 5. The fraction of sp³-hybridized carbons (Fsp3) is 0.231. The molecule has 32 heavy (non-hydrogen) atoms. The summed E-state index contributed by atoms with van der Waals surface area (Å²) in [5.41, 5.74) is 1.23. The number of Topliss-reactive ketones (excluding diaryl/α,β-unsaturated/α-hetero) is 2. The van der Waals surface area contributed by atoms with Gasteiger partial charge in [0, 0.05) is 34.4 Å². The van der Waals surface area contributed by atoms with Crippen molar-refractivity contribution in [2.24, 2.45) is 0 Å². The normalized spacial score (nSPS) is 14.6. The standard InChI is InChI=1S/C26H22O6/c1-4-14-11-12-16-18(13-14)26(32-20(28)6-3)24(30)21-15-9-7-8-10-17(15)25(23(29)22(16)21)31-19(27)5-2/h7-13H,4-6H2,1-3H3. The van der Waals surface area contributed by atoms with Crippen molar-refractivity contribution in [2.45, 2.75) is 40.0 Å². The van der Waals surface area contributed by atoms with Gasteiger partial charge in [0.2, 0.25) is 11.6 Å². The van der Waals surface area contributed by atoms with Crippen LogP contribution in [0.3, 0.4) is 0 Å². The van der Waals surface area contributed by atoms with Gasteiger partial charge in [0.15, 0.2) is 11.5 Å². The third-order valence-electron chi connectivity index (χ3n) is 5.57. The van der Waals surface area contributed by atoms with Gasteiger partial charge >= 0.3 is 11.9 Å². The number of hydrogen-bond donors (Lipinski definition) is 0. The van der Waals surface area contributed by atoms with Crippen molar-refractivity contribution in [1.29, 1.82) is 0 Å².